The largest absolute Gasteiger partial charge is 0.457 e. The fraction of sp³-hybridized carbons (Fsp3) is 0.143. The maximum atomic E-state index is 12.6. The zero-order valence-electron chi connectivity index (χ0n) is 14.9. The van der Waals surface area contributed by atoms with Crippen LogP contribution in [0.15, 0.2) is 54.6 Å². The summed E-state index contributed by atoms with van der Waals surface area (Å²) in [6.07, 6.45) is 0. The zero-order chi connectivity index (χ0) is 19.5. The molecule has 0 radical (unpaired) electrons. The molecule has 1 fully saturated rings. The van der Waals surface area contributed by atoms with Gasteiger partial charge in [-0.3, -0.25) is 9.59 Å². The number of pyridine rings is 1. The first kappa shape index (κ1) is 17.5. The second-order valence-corrected chi connectivity index (χ2v) is 6.37. The van der Waals surface area contributed by atoms with E-state index in [0.717, 1.165) is 5.39 Å². The first-order valence-corrected chi connectivity index (χ1v) is 8.77. The average molecular weight is 372 g/mol. The molecule has 0 atom stereocenters. The highest BCUT2D eigenvalue weighted by atomic mass is 16.5. The SMILES string of the molecule is N#Cc1ccc(Oc2ccc3nc(C(=O)N4CCNC(=O)C4)ccc3c2)cc1. The van der Waals surface area contributed by atoms with Crippen molar-refractivity contribution in [2.24, 2.45) is 0 Å². The topological polar surface area (TPSA) is 95.3 Å². The molecule has 138 valence electrons. The van der Waals surface area contributed by atoms with Crippen LogP contribution in [0, 0.1) is 11.3 Å². The predicted octanol–water partition coefficient (Wildman–Crippen LogP) is 2.47. The minimum Gasteiger partial charge on any atom is -0.457 e. The molecule has 1 aliphatic rings. The molecule has 1 aliphatic heterocycles. The van der Waals surface area contributed by atoms with Crippen molar-refractivity contribution in [1.29, 1.82) is 5.26 Å². The molecule has 7 nitrogen and oxygen atoms in total. The smallest absolute Gasteiger partial charge is 0.273 e. The Morgan fingerprint density at radius 3 is 2.64 bits per heavy atom. The summed E-state index contributed by atoms with van der Waals surface area (Å²) < 4.78 is 5.81. The average Bonchev–Trinajstić information content (AvgIpc) is 2.73. The molecular formula is C21H16N4O3. The second kappa shape index (κ2) is 7.37. The van der Waals surface area contributed by atoms with E-state index in [4.69, 9.17) is 10.00 Å². The molecule has 1 aromatic heterocycles. The van der Waals surface area contributed by atoms with Crippen LogP contribution in [-0.4, -0.2) is 41.3 Å². The molecule has 2 amide bonds. The van der Waals surface area contributed by atoms with Gasteiger partial charge in [-0.05, 0) is 48.5 Å². The molecule has 7 heteroatoms. The van der Waals surface area contributed by atoms with Crippen LogP contribution >= 0.6 is 0 Å². The van der Waals surface area contributed by atoms with Crippen molar-refractivity contribution in [2.75, 3.05) is 19.6 Å². The molecule has 0 saturated carbocycles. The summed E-state index contributed by atoms with van der Waals surface area (Å²) in [7, 11) is 0. The maximum absolute atomic E-state index is 12.6. The van der Waals surface area contributed by atoms with E-state index in [-0.39, 0.29) is 18.4 Å². The van der Waals surface area contributed by atoms with Gasteiger partial charge < -0.3 is 15.0 Å². The van der Waals surface area contributed by atoms with Crippen LogP contribution in [0.3, 0.4) is 0 Å². The van der Waals surface area contributed by atoms with Crippen molar-refractivity contribution in [3.63, 3.8) is 0 Å². The zero-order valence-corrected chi connectivity index (χ0v) is 14.9. The molecule has 1 N–H and O–H groups in total. The van der Waals surface area contributed by atoms with Crippen molar-refractivity contribution in [1.82, 2.24) is 15.2 Å². The van der Waals surface area contributed by atoms with Crippen LogP contribution in [0.5, 0.6) is 11.5 Å². The molecule has 2 heterocycles. The number of hydrogen-bond donors (Lipinski definition) is 1. The molecule has 0 unspecified atom stereocenters. The normalized spacial score (nSPS) is 13.7. The number of ether oxygens (including phenoxy) is 1. The molecule has 0 aliphatic carbocycles. The van der Waals surface area contributed by atoms with E-state index in [1.54, 1.807) is 42.5 Å². The summed E-state index contributed by atoms with van der Waals surface area (Å²) in [4.78, 5) is 30.0. The standard InChI is InChI=1S/C21H16N4O3/c22-12-14-1-4-16(5-2-14)28-17-6-8-18-15(11-17)3-7-19(24-18)21(27)25-10-9-23-20(26)13-25/h1-8,11H,9-10,13H2,(H,23,26). The summed E-state index contributed by atoms with van der Waals surface area (Å²) in [5.74, 6) is 0.840. The summed E-state index contributed by atoms with van der Waals surface area (Å²) in [6, 6.07) is 17.8. The van der Waals surface area contributed by atoms with Crippen molar-refractivity contribution in [2.45, 2.75) is 0 Å². The van der Waals surface area contributed by atoms with Gasteiger partial charge in [-0.25, -0.2) is 4.98 Å². The van der Waals surface area contributed by atoms with Crippen LogP contribution in [-0.2, 0) is 4.79 Å². The van der Waals surface area contributed by atoms with Gasteiger partial charge in [-0.2, -0.15) is 5.26 Å². The maximum Gasteiger partial charge on any atom is 0.273 e. The quantitative estimate of drug-likeness (QED) is 0.762. The summed E-state index contributed by atoms with van der Waals surface area (Å²) >= 11 is 0. The Morgan fingerprint density at radius 1 is 1.11 bits per heavy atom. The highest BCUT2D eigenvalue weighted by molar-refractivity contribution is 5.97. The summed E-state index contributed by atoms with van der Waals surface area (Å²) in [5.41, 5.74) is 1.54. The monoisotopic (exact) mass is 372 g/mol. The molecule has 0 spiro atoms. The van der Waals surface area contributed by atoms with Gasteiger partial charge in [0.15, 0.2) is 0 Å². The van der Waals surface area contributed by atoms with Crippen molar-refractivity contribution in [3.05, 3.63) is 65.9 Å². The predicted molar refractivity (Wildman–Crippen MR) is 102 cm³/mol. The molecule has 2 aromatic carbocycles. The van der Waals surface area contributed by atoms with Gasteiger partial charge in [0.1, 0.15) is 17.2 Å². The van der Waals surface area contributed by atoms with Crippen molar-refractivity contribution < 1.29 is 14.3 Å². The third-order valence-electron chi connectivity index (χ3n) is 4.42. The number of piperazine rings is 1. The highest BCUT2D eigenvalue weighted by Crippen LogP contribution is 2.25. The van der Waals surface area contributed by atoms with Gasteiger partial charge in [0, 0.05) is 18.5 Å². The molecule has 3 aromatic rings. The van der Waals surface area contributed by atoms with Crippen LogP contribution in [0.2, 0.25) is 0 Å². The number of nitrogens with zero attached hydrogens (tertiary/aromatic N) is 3. The van der Waals surface area contributed by atoms with E-state index in [1.165, 1.54) is 4.90 Å². The third-order valence-corrected chi connectivity index (χ3v) is 4.42. The molecule has 0 bridgehead atoms. The van der Waals surface area contributed by atoms with Crippen LogP contribution in [0.4, 0.5) is 0 Å². The number of benzene rings is 2. The highest BCUT2D eigenvalue weighted by Gasteiger charge is 2.23. The fourth-order valence-corrected chi connectivity index (χ4v) is 2.99. The second-order valence-electron chi connectivity index (χ2n) is 6.37. The Morgan fingerprint density at radius 2 is 1.89 bits per heavy atom. The number of carbonyl (C=O) groups is 2. The number of hydrogen-bond acceptors (Lipinski definition) is 5. The number of nitrogens with one attached hydrogen (secondary N) is 1. The fourth-order valence-electron chi connectivity index (χ4n) is 2.99. The molecule has 1 saturated heterocycles. The van der Waals surface area contributed by atoms with Gasteiger partial charge in [0.25, 0.3) is 5.91 Å². The van der Waals surface area contributed by atoms with Crippen LogP contribution in [0.25, 0.3) is 10.9 Å². The van der Waals surface area contributed by atoms with Gasteiger partial charge in [0.05, 0.1) is 23.7 Å². The van der Waals surface area contributed by atoms with E-state index in [9.17, 15) is 9.59 Å². The minimum atomic E-state index is -0.255. The van der Waals surface area contributed by atoms with Gasteiger partial charge >= 0.3 is 0 Å². The van der Waals surface area contributed by atoms with E-state index in [1.807, 2.05) is 12.1 Å². The first-order chi connectivity index (χ1) is 13.6. The summed E-state index contributed by atoms with van der Waals surface area (Å²) in [5, 5.41) is 12.4. The van der Waals surface area contributed by atoms with E-state index >= 15 is 0 Å². The minimum absolute atomic E-state index is 0.0515. The van der Waals surface area contributed by atoms with Crippen molar-refractivity contribution in [3.8, 4) is 17.6 Å². The number of rotatable bonds is 3. The molecule has 4 rings (SSSR count). The van der Waals surface area contributed by atoms with E-state index in [2.05, 4.69) is 16.4 Å². The number of fused-ring (bicyclic) bond motifs is 1. The number of nitriles is 1. The number of carbonyl (C=O) groups excluding carboxylic acids is 2. The Kier molecular flexibility index (Phi) is 4.60. The number of amides is 2. The Bertz CT molecular complexity index is 1100. The first-order valence-electron chi connectivity index (χ1n) is 8.77. The van der Waals surface area contributed by atoms with Crippen LogP contribution in [0.1, 0.15) is 16.1 Å². The Hall–Kier alpha value is -3.92. The van der Waals surface area contributed by atoms with Crippen molar-refractivity contribution >= 4 is 22.7 Å². The van der Waals surface area contributed by atoms with E-state index in [0.29, 0.717) is 41.4 Å². The lowest BCUT2D eigenvalue weighted by Crippen LogP contribution is -2.50. The van der Waals surface area contributed by atoms with Gasteiger partial charge in [-0.1, -0.05) is 6.07 Å². The number of aromatic nitrogens is 1. The van der Waals surface area contributed by atoms with E-state index < -0.39 is 0 Å². The molecular weight excluding hydrogens is 356 g/mol. The lowest BCUT2D eigenvalue weighted by atomic mass is 10.1. The lowest BCUT2D eigenvalue weighted by molar-refractivity contribution is -0.123. The third kappa shape index (κ3) is 3.62. The van der Waals surface area contributed by atoms with Crippen LogP contribution < -0.4 is 10.1 Å². The van der Waals surface area contributed by atoms with Gasteiger partial charge in [0.2, 0.25) is 5.91 Å². The Balaban J connectivity index is 1.54. The summed E-state index contributed by atoms with van der Waals surface area (Å²) in [6.45, 7) is 0.978. The van der Waals surface area contributed by atoms with Gasteiger partial charge in [-0.15, -0.1) is 0 Å². The lowest BCUT2D eigenvalue weighted by Gasteiger charge is -2.26. The molecule has 28 heavy (non-hydrogen) atoms. The Labute approximate surface area is 161 Å².